The minimum absolute atomic E-state index is 0.256. The predicted molar refractivity (Wildman–Crippen MR) is 63.8 cm³/mol. The largest absolute Gasteiger partial charge is 0.197 e. The molecule has 1 aliphatic carbocycles. The van der Waals surface area contributed by atoms with Gasteiger partial charge in [0, 0.05) is 4.90 Å². The maximum atomic E-state index is 9.24. The van der Waals surface area contributed by atoms with Gasteiger partial charge in [-0.2, -0.15) is 5.26 Å². The van der Waals surface area contributed by atoms with E-state index in [0.29, 0.717) is 0 Å². The van der Waals surface area contributed by atoms with Crippen LogP contribution in [0.2, 0.25) is 0 Å². The van der Waals surface area contributed by atoms with Crippen LogP contribution in [0.15, 0.2) is 41.3 Å². The first-order valence-corrected chi connectivity index (χ1v) is 5.88. The molecule has 1 aliphatic rings. The number of thioether (sulfide) groups is 1. The van der Waals surface area contributed by atoms with Crippen molar-refractivity contribution in [2.24, 2.45) is 0 Å². The fourth-order valence-corrected chi connectivity index (χ4v) is 2.98. The highest BCUT2D eigenvalue weighted by Gasteiger charge is 2.32. The zero-order valence-corrected chi connectivity index (χ0v) is 9.55. The molecule has 1 nitrogen and oxygen atoms in total. The average molecular weight is 215 g/mol. The van der Waals surface area contributed by atoms with Crippen molar-refractivity contribution in [3.05, 3.63) is 42.0 Å². The van der Waals surface area contributed by atoms with Crippen LogP contribution in [0.1, 0.15) is 18.4 Å². The number of hydrogen-bond acceptors (Lipinski definition) is 2. The van der Waals surface area contributed by atoms with Crippen LogP contribution in [0, 0.1) is 18.3 Å². The number of allylic oxidation sites excluding steroid dienone is 2. The molecule has 2 heteroatoms. The Hall–Kier alpha value is -1.20. The predicted octanol–water partition coefficient (Wildman–Crippen LogP) is 3.70. The molecule has 0 spiro atoms. The topological polar surface area (TPSA) is 23.8 Å². The van der Waals surface area contributed by atoms with Crippen molar-refractivity contribution < 1.29 is 0 Å². The van der Waals surface area contributed by atoms with Crippen LogP contribution in [-0.4, -0.2) is 4.75 Å². The van der Waals surface area contributed by atoms with Crippen LogP contribution in [0.4, 0.5) is 0 Å². The molecule has 0 amide bonds. The molecular formula is C13H13NS. The molecule has 0 atom stereocenters. The van der Waals surface area contributed by atoms with Crippen LogP contribution in [0.25, 0.3) is 0 Å². The molecule has 0 heterocycles. The van der Waals surface area contributed by atoms with Gasteiger partial charge in [0.05, 0.1) is 6.07 Å². The standard InChI is InChI=1S/C13H13NS/c1-11-5-4-6-12(9-11)15-13(10-14)7-2-3-8-13/h2-6,9H,7-8H2,1H3. The van der Waals surface area contributed by atoms with E-state index in [4.69, 9.17) is 0 Å². The zero-order chi connectivity index (χ0) is 10.7. The van der Waals surface area contributed by atoms with E-state index in [9.17, 15) is 5.26 Å². The maximum absolute atomic E-state index is 9.24. The molecule has 1 aromatic rings. The lowest BCUT2D eigenvalue weighted by atomic mass is 10.1. The van der Waals surface area contributed by atoms with Crippen molar-refractivity contribution in [3.63, 3.8) is 0 Å². The monoisotopic (exact) mass is 215 g/mol. The molecule has 76 valence electrons. The molecule has 15 heavy (non-hydrogen) atoms. The fraction of sp³-hybridized carbons (Fsp3) is 0.308. The van der Waals surface area contributed by atoms with Gasteiger partial charge < -0.3 is 0 Å². The summed E-state index contributed by atoms with van der Waals surface area (Å²) in [4.78, 5) is 1.19. The molecule has 0 unspecified atom stereocenters. The summed E-state index contributed by atoms with van der Waals surface area (Å²) in [5.41, 5.74) is 1.25. The minimum Gasteiger partial charge on any atom is -0.197 e. The van der Waals surface area contributed by atoms with Crippen molar-refractivity contribution in [1.82, 2.24) is 0 Å². The van der Waals surface area contributed by atoms with Crippen LogP contribution < -0.4 is 0 Å². The third-order valence-corrected chi connectivity index (χ3v) is 3.87. The molecule has 0 aromatic heterocycles. The maximum Gasteiger partial charge on any atom is 0.114 e. The SMILES string of the molecule is Cc1cccc(SC2(C#N)CC=CC2)c1. The summed E-state index contributed by atoms with van der Waals surface area (Å²) in [5, 5.41) is 9.24. The summed E-state index contributed by atoms with van der Waals surface area (Å²) >= 11 is 1.69. The Balaban J connectivity index is 2.18. The summed E-state index contributed by atoms with van der Waals surface area (Å²) < 4.78 is -0.256. The number of hydrogen-bond donors (Lipinski definition) is 0. The van der Waals surface area contributed by atoms with Crippen molar-refractivity contribution in [3.8, 4) is 6.07 Å². The van der Waals surface area contributed by atoms with Gasteiger partial charge in [-0.15, -0.1) is 11.8 Å². The average Bonchev–Trinajstić information content (AvgIpc) is 2.67. The van der Waals surface area contributed by atoms with Gasteiger partial charge in [-0.25, -0.2) is 0 Å². The lowest BCUT2D eigenvalue weighted by Crippen LogP contribution is -2.16. The summed E-state index contributed by atoms with van der Waals surface area (Å²) in [7, 11) is 0. The number of benzene rings is 1. The van der Waals surface area contributed by atoms with E-state index < -0.39 is 0 Å². The molecule has 0 radical (unpaired) electrons. The van der Waals surface area contributed by atoms with E-state index in [-0.39, 0.29) is 4.75 Å². The van der Waals surface area contributed by atoms with Gasteiger partial charge in [-0.1, -0.05) is 29.8 Å². The zero-order valence-electron chi connectivity index (χ0n) is 8.73. The highest BCUT2D eigenvalue weighted by atomic mass is 32.2. The lowest BCUT2D eigenvalue weighted by Gasteiger charge is -2.19. The quantitative estimate of drug-likeness (QED) is 0.702. The van der Waals surface area contributed by atoms with Crippen LogP contribution in [0.3, 0.4) is 0 Å². The smallest absolute Gasteiger partial charge is 0.114 e. The summed E-state index contributed by atoms with van der Waals surface area (Å²) in [5.74, 6) is 0. The Morgan fingerprint density at radius 3 is 2.67 bits per heavy atom. The van der Waals surface area contributed by atoms with E-state index in [2.05, 4.69) is 43.3 Å². The van der Waals surface area contributed by atoms with Gasteiger partial charge in [0.25, 0.3) is 0 Å². The number of aryl methyl sites for hydroxylation is 1. The number of nitriles is 1. The molecule has 1 aromatic carbocycles. The van der Waals surface area contributed by atoms with E-state index >= 15 is 0 Å². The highest BCUT2D eigenvalue weighted by molar-refractivity contribution is 8.01. The highest BCUT2D eigenvalue weighted by Crippen LogP contribution is 2.41. The van der Waals surface area contributed by atoms with Gasteiger partial charge >= 0.3 is 0 Å². The van der Waals surface area contributed by atoms with Crippen LogP contribution in [0.5, 0.6) is 0 Å². The van der Waals surface area contributed by atoms with Gasteiger partial charge in [0.15, 0.2) is 0 Å². The van der Waals surface area contributed by atoms with Gasteiger partial charge in [-0.3, -0.25) is 0 Å². The normalized spacial score (nSPS) is 17.6. The second-order valence-corrected chi connectivity index (χ2v) is 5.36. The third-order valence-electron chi connectivity index (χ3n) is 2.57. The second kappa shape index (κ2) is 4.12. The summed E-state index contributed by atoms with van der Waals surface area (Å²) in [6.07, 6.45) is 5.93. The van der Waals surface area contributed by atoms with Gasteiger partial charge in [0.1, 0.15) is 4.75 Å². The lowest BCUT2D eigenvalue weighted by molar-refractivity contribution is 0.792. The Kier molecular flexibility index (Phi) is 2.83. The number of nitrogens with zero attached hydrogens (tertiary/aromatic N) is 1. The molecule has 0 aliphatic heterocycles. The Morgan fingerprint density at radius 1 is 1.33 bits per heavy atom. The Labute approximate surface area is 94.8 Å². The van der Waals surface area contributed by atoms with E-state index in [1.807, 2.05) is 6.07 Å². The molecule has 0 saturated heterocycles. The van der Waals surface area contributed by atoms with E-state index in [1.54, 1.807) is 11.8 Å². The Morgan fingerprint density at radius 2 is 2.07 bits per heavy atom. The molecule has 0 bridgehead atoms. The minimum atomic E-state index is -0.256. The van der Waals surface area contributed by atoms with Crippen LogP contribution in [-0.2, 0) is 0 Å². The molecule has 0 fully saturated rings. The van der Waals surface area contributed by atoms with Gasteiger partial charge in [0.2, 0.25) is 0 Å². The summed E-state index contributed by atoms with van der Waals surface area (Å²) in [6.45, 7) is 2.08. The first-order valence-electron chi connectivity index (χ1n) is 5.06. The summed E-state index contributed by atoms with van der Waals surface area (Å²) in [6, 6.07) is 10.8. The number of rotatable bonds is 2. The van der Waals surface area contributed by atoms with Crippen molar-refractivity contribution in [2.45, 2.75) is 29.4 Å². The molecular weight excluding hydrogens is 202 g/mol. The molecule has 0 N–H and O–H groups in total. The Bertz CT molecular complexity index is 420. The third kappa shape index (κ3) is 2.24. The molecule has 0 saturated carbocycles. The van der Waals surface area contributed by atoms with Gasteiger partial charge in [-0.05, 0) is 31.9 Å². The fourth-order valence-electron chi connectivity index (χ4n) is 1.73. The van der Waals surface area contributed by atoms with E-state index in [0.717, 1.165) is 12.8 Å². The molecule has 2 rings (SSSR count). The first kappa shape index (κ1) is 10.3. The van der Waals surface area contributed by atoms with E-state index in [1.165, 1.54) is 10.5 Å². The first-order chi connectivity index (χ1) is 7.24. The second-order valence-electron chi connectivity index (χ2n) is 3.90. The van der Waals surface area contributed by atoms with Crippen LogP contribution >= 0.6 is 11.8 Å². The van der Waals surface area contributed by atoms with Crippen molar-refractivity contribution in [1.29, 1.82) is 5.26 Å². The van der Waals surface area contributed by atoms with Crippen molar-refractivity contribution >= 4 is 11.8 Å². The van der Waals surface area contributed by atoms with Crippen molar-refractivity contribution in [2.75, 3.05) is 0 Å².